The lowest BCUT2D eigenvalue weighted by Crippen LogP contribution is -2.40. The van der Waals surface area contributed by atoms with E-state index in [0.717, 1.165) is 6.42 Å². The number of ether oxygens (including phenoxy) is 2. The van der Waals surface area contributed by atoms with Crippen LogP contribution in [0.1, 0.15) is 54.4 Å². The first kappa shape index (κ1) is 28.9. The molecule has 0 saturated heterocycles. The summed E-state index contributed by atoms with van der Waals surface area (Å²) in [6.07, 6.45) is 6.79. The topological polar surface area (TPSA) is 88.7 Å². The van der Waals surface area contributed by atoms with Crippen LogP contribution in [0.25, 0.3) is 11.1 Å². The summed E-state index contributed by atoms with van der Waals surface area (Å²) in [6.45, 7) is 0.507. The van der Waals surface area contributed by atoms with Crippen LogP contribution in [-0.4, -0.2) is 51.9 Å². The van der Waals surface area contributed by atoms with E-state index in [4.69, 9.17) is 21.1 Å². The van der Waals surface area contributed by atoms with Crippen molar-refractivity contribution >= 4 is 23.6 Å². The number of rotatable bonds is 12. The Bertz CT molecular complexity index is 1050. The van der Waals surface area contributed by atoms with Crippen molar-refractivity contribution in [2.45, 2.75) is 51.2 Å². The maximum absolute atomic E-state index is 15.5. The van der Waals surface area contributed by atoms with E-state index in [2.05, 4.69) is 16.0 Å². The van der Waals surface area contributed by atoms with Crippen molar-refractivity contribution in [3.8, 4) is 11.1 Å². The molecule has 1 aliphatic rings. The Morgan fingerprint density at radius 1 is 1.11 bits per heavy atom. The second kappa shape index (κ2) is 14.9. The molecule has 7 nitrogen and oxygen atoms in total. The van der Waals surface area contributed by atoms with Crippen LogP contribution in [0.3, 0.4) is 0 Å². The van der Waals surface area contributed by atoms with E-state index in [0.29, 0.717) is 28.6 Å². The molecular formula is C28H37ClFN3O4. The van der Waals surface area contributed by atoms with Crippen LogP contribution in [0.4, 0.5) is 9.18 Å². The van der Waals surface area contributed by atoms with E-state index in [9.17, 15) is 9.59 Å². The Hall–Kier alpha value is -2.68. The number of carbonyl (C=O) groups is 2. The summed E-state index contributed by atoms with van der Waals surface area (Å²) < 4.78 is 25.9. The van der Waals surface area contributed by atoms with Gasteiger partial charge in [-0.2, -0.15) is 0 Å². The summed E-state index contributed by atoms with van der Waals surface area (Å²) in [4.78, 5) is 24.3. The zero-order valence-corrected chi connectivity index (χ0v) is 22.3. The van der Waals surface area contributed by atoms with Crippen LogP contribution in [0.15, 0.2) is 36.4 Å². The van der Waals surface area contributed by atoms with E-state index in [1.165, 1.54) is 45.2 Å². The van der Waals surface area contributed by atoms with Gasteiger partial charge in [-0.3, -0.25) is 4.79 Å². The Morgan fingerprint density at radius 3 is 2.59 bits per heavy atom. The number of alkyl carbamates (subject to hydrolysis) is 1. The lowest BCUT2D eigenvalue weighted by atomic mass is 9.85. The van der Waals surface area contributed by atoms with E-state index in [1.807, 2.05) is 7.05 Å². The van der Waals surface area contributed by atoms with Crippen LogP contribution in [0.5, 0.6) is 0 Å². The zero-order valence-electron chi connectivity index (χ0n) is 21.6. The molecule has 1 fully saturated rings. The standard InChI is InChI=1S/C28H37ClFN3O4/c1-31-24(13-19-7-4-3-5-8-19)17-33-27(34)21-14-22(18-36-11-12-37-28(35)32-2)26(30)25(16-21)20-9-6-10-23(29)15-20/h6,9-10,14-16,19,24,31H,3-5,7-8,11-13,17-18H2,1-2H3,(H,32,35)(H,33,34)/t24-/m0/s1. The Labute approximate surface area is 223 Å². The number of amides is 2. The van der Waals surface area contributed by atoms with E-state index >= 15 is 4.39 Å². The van der Waals surface area contributed by atoms with Crippen molar-refractivity contribution in [3.63, 3.8) is 0 Å². The van der Waals surface area contributed by atoms with Crippen LogP contribution in [0.2, 0.25) is 5.02 Å². The van der Waals surface area contributed by atoms with Gasteiger partial charge in [0, 0.05) is 41.3 Å². The highest BCUT2D eigenvalue weighted by Crippen LogP contribution is 2.30. The smallest absolute Gasteiger partial charge is 0.406 e. The molecule has 1 saturated carbocycles. The molecule has 202 valence electrons. The van der Waals surface area contributed by atoms with Gasteiger partial charge in [0.1, 0.15) is 12.4 Å². The second-order valence-corrected chi connectivity index (χ2v) is 9.82. The second-order valence-electron chi connectivity index (χ2n) is 9.38. The first-order valence-corrected chi connectivity index (χ1v) is 13.2. The largest absolute Gasteiger partial charge is 0.447 e. The molecule has 2 aromatic carbocycles. The molecule has 0 aromatic heterocycles. The molecule has 0 spiro atoms. The van der Waals surface area contributed by atoms with Crippen molar-refractivity contribution < 1.29 is 23.5 Å². The molecule has 2 amide bonds. The molecule has 2 aromatic rings. The van der Waals surface area contributed by atoms with Crippen molar-refractivity contribution in [2.75, 3.05) is 33.9 Å². The summed E-state index contributed by atoms with van der Waals surface area (Å²) in [5.41, 5.74) is 1.40. The fraction of sp³-hybridized carbons (Fsp3) is 0.500. The predicted octanol–water partition coefficient (Wildman–Crippen LogP) is 5.31. The monoisotopic (exact) mass is 533 g/mol. The molecule has 3 rings (SSSR count). The van der Waals surface area contributed by atoms with Crippen LogP contribution in [-0.2, 0) is 16.1 Å². The third-order valence-corrected chi connectivity index (χ3v) is 6.96. The number of hydrogen-bond acceptors (Lipinski definition) is 5. The Morgan fingerprint density at radius 2 is 1.89 bits per heavy atom. The minimum absolute atomic E-state index is 0.0228. The van der Waals surface area contributed by atoms with Crippen LogP contribution < -0.4 is 16.0 Å². The maximum Gasteiger partial charge on any atom is 0.406 e. The number of carbonyl (C=O) groups excluding carboxylic acids is 2. The van der Waals surface area contributed by atoms with Gasteiger partial charge in [-0.05, 0) is 49.2 Å². The molecule has 0 radical (unpaired) electrons. The average molecular weight is 534 g/mol. The number of nitrogens with one attached hydrogen (secondary N) is 3. The van der Waals surface area contributed by atoms with Gasteiger partial charge in [-0.1, -0.05) is 55.8 Å². The quantitative estimate of drug-likeness (QED) is 0.322. The van der Waals surface area contributed by atoms with E-state index in [-0.39, 0.29) is 42.9 Å². The van der Waals surface area contributed by atoms with Crippen molar-refractivity contribution in [3.05, 3.63) is 58.4 Å². The average Bonchev–Trinajstić information content (AvgIpc) is 2.91. The number of hydrogen-bond donors (Lipinski definition) is 3. The van der Waals surface area contributed by atoms with Gasteiger partial charge in [0.25, 0.3) is 5.91 Å². The molecule has 0 bridgehead atoms. The maximum atomic E-state index is 15.5. The van der Waals surface area contributed by atoms with Crippen molar-refractivity contribution in [1.82, 2.24) is 16.0 Å². The van der Waals surface area contributed by atoms with Crippen LogP contribution in [0, 0.1) is 11.7 Å². The summed E-state index contributed by atoms with van der Waals surface area (Å²) in [7, 11) is 3.37. The molecule has 0 heterocycles. The van der Waals surface area contributed by atoms with Gasteiger partial charge >= 0.3 is 6.09 Å². The lowest BCUT2D eigenvalue weighted by molar-refractivity contribution is 0.0643. The highest BCUT2D eigenvalue weighted by molar-refractivity contribution is 6.30. The number of halogens is 2. The van der Waals surface area contributed by atoms with Gasteiger partial charge in [0.15, 0.2) is 0 Å². The molecule has 37 heavy (non-hydrogen) atoms. The molecule has 0 unspecified atom stereocenters. The van der Waals surface area contributed by atoms with Crippen molar-refractivity contribution in [1.29, 1.82) is 0 Å². The minimum atomic E-state index is -0.569. The molecule has 1 aliphatic carbocycles. The molecule has 1 atom stereocenters. The van der Waals surface area contributed by atoms with E-state index < -0.39 is 11.9 Å². The molecule has 9 heteroatoms. The predicted molar refractivity (Wildman–Crippen MR) is 143 cm³/mol. The number of benzene rings is 2. The van der Waals surface area contributed by atoms with Crippen molar-refractivity contribution in [2.24, 2.45) is 5.92 Å². The summed E-state index contributed by atoms with van der Waals surface area (Å²) in [6, 6.07) is 10.1. The van der Waals surface area contributed by atoms with Gasteiger partial charge in [-0.15, -0.1) is 0 Å². The summed E-state index contributed by atoms with van der Waals surface area (Å²) in [5.74, 6) is -0.0905. The highest BCUT2D eigenvalue weighted by atomic mass is 35.5. The first-order chi connectivity index (χ1) is 17.9. The van der Waals surface area contributed by atoms with Gasteiger partial charge in [-0.25, -0.2) is 9.18 Å². The SMILES string of the molecule is CNC(=O)OCCOCc1cc(C(=O)NC[C@H](CC2CCCCC2)NC)cc(-c2cccc(Cl)c2)c1F. The third-order valence-electron chi connectivity index (χ3n) is 6.73. The first-order valence-electron chi connectivity index (χ1n) is 12.9. The number of likely N-dealkylation sites (N-methyl/N-ethyl adjacent to an activating group) is 1. The normalized spacial score (nSPS) is 14.7. The van der Waals surface area contributed by atoms with Gasteiger partial charge in [0.2, 0.25) is 0 Å². The third kappa shape index (κ3) is 8.98. The highest BCUT2D eigenvalue weighted by Gasteiger charge is 2.20. The zero-order chi connectivity index (χ0) is 26.6. The van der Waals surface area contributed by atoms with Gasteiger partial charge in [0.05, 0.1) is 13.2 Å². The lowest BCUT2D eigenvalue weighted by Gasteiger charge is -2.26. The van der Waals surface area contributed by atoms with Crippen LogP contribution >= 0.6 is 11.6 Å². The Kier molecular flexibility index (Phi) is 11.6. The fourth-order valence-electron chi connectivity index (χ4n) is 4.68. The Balaban J connectivity index is 1.73. The van der Waals surface area contributed by atoms with E-state index in [1.54, 1.807) is 30.3 Å². The molecular weight excluding hydrogens is 497 g/mol. The van der Waals surface area contributed by atoms with Gasteiger partial charge < -0.3 is 25.4 Å². The summed E-state index contributed by atoms with van der Waals surface area (Å²) in [5, 5.41) is 9.15. The summed E-state index contributed by atoms with van der Waals surface area (Å²) >= 11 is 6.15. The fourth-order valence-corrected chi connectivity index (χ4v) is 4.87. The molecule has 3 N–H and O–H groups in total. The minimum Gasteiger partial charge on any atom is -0.447 e. The molecule has 0 aliphatic heterocycles.